The molecule has 2 N–H and O–H groups in total. The highest BCUT2D eigenvalue weighted by Gasteiger charge is 2.08. The van der Waals surface area contributed by atoms with E-state index in [9.17, 15) is 5.11 Å². The molecule has 0 heterocycles. The third-order valence-corrected chi connectivity index (χ3v) is 3.40. The molecule has 0 saturated carbocycles. The number of nitrogens with one attached hydrogen (secondary N) is 1. The molecule has 0 spiro atoms. The number of hydrogen-bond acceptors (Lipinski definition) is 2. The van der Waals surface area contributed by atoms with Crippen LogP contribution in [0.2, 0.25) is 20.1 Å². The van der Waals surface area contributed by atoms with Gasteiger partial charge in [-0.1, -0.05) is 46.4 Å². The Kier molecular flexibility index (Phi) is 4.69. The molecule has 2 rings (SSSR count). The van der Waals surface area contributed by atoms with E-state index in [2.05, 4.69) is 5.32 Å². The average Bonchev–Trinajstić information content (AvgIpc) is 2.30. The van der Waals surface area contributed by atoms with Crippen LogP contribution in [-0.4, -0.2) is 5.11 Å². The lowest BCUT2D eigenvalue weighted by Crippen LogP contribution is -2.00. The summed E-state index contributed by atoms with van der Waals surface area (Å²) in [5, 5.41) is 14.7. The molecule has 0 bridgehead atoms. The topological polar surface area (TPSA) is 32.3 Å². The Morgan fingerprint density at radius 2 is 1.42 bits per heavy atom. The molecule has 0 aromatic heterocycles. The molecular weight excluding hydrogens is 328 g/mol. The van der Waals surface area contributed by atoms with Crippen LogP contribution in [0, 0.1) is 0 Å². The second-order valence-corrected chi connectivity index (χ2v) is 5.62. The van der Waals surface area contributed by atoms with E-state index in [1.54, 1.807) is 24.3 Å². The van der Waals surface area contributed by atoms with Gasteiger partial charge in [0.05, 0.1) is 5.02 Å². The summed E-state index contributed by atoms with van der Waals surface area (Å²) in [6.07, 6.45) is 0. The zero-order valence-corrected chi connectivity index (χ0v) is 12.6. The van der Waals surface area contributed by atoms with E-state index >= 15 is 0 Å². The maximum atomic E-state index is 9.83. The van der Waals surface area contributed by atoms with Crippen LogP contribution in [0.3, 0.4) is 0 Å². The highest BCUT2D eigenvalue weighted by molar-refractivity contribution is 6.36. The Balaban J connectivity index is 2.19. The summed E-state index contributed by atoms with van der Waals surface area (Å²) in [6, 6.07) is 8.23. The minimum atomic E-state index is 0.00620. The number of anilines is 1. The first-order chi connectivity index (χ1) is 8.95. The third kappa shape index (κ3) is 3.83. The van der Waals surface area contributed by atoms with E-state index in [-0.39, 0.29) is 10.8 Å². The lowest BCUT2D eigenvalue weighted by Gasteiger charge is -2.10. The molecule has 6 heteroatoms. The molecule has 0 fully saturated rings. The van der Waals surface area contributed by atoms with E-state index in [1.165, 1.54) is 6.07 Å². The van der Waals surface area contributed by atoms with Crippen molar-refractivity contribution in [3.8, 4) is 5.75 Å². The van der Waals surface area contributed by atoms with Crippen LogP contribution >= 0.6 is 46.4 Å². The molecule has 0 amide bonds. The Hall–Kier alpha value is -0.800. The van der Waals surface area contributed by atoms with Crippen molar-refractivity contribution < 1.29 is 5.11 Å². The lowest BCUT2D eigenvalue weighted by atomic mass is 10.2. The fraction of sp³-hybridized carbons (Fsp3) is 0.0769. The van der Waals surface area contributed by atoms with Gasteiger partial charge in [0, 0.05) is 32.9 Å². The third-order valence-electron chi connectivity index (χ3n) is 2.45. The summed E-state index contributed by atoms with van der Waals surface area (Å²) in [5.41, 5.74) is 1.33. The van der Waals surface area contributed by atoms with E-state index in [1.807, 2.05) is 0 Å². The number of rotatable bonds is 3. The summed E-state index contributed by atoms with van der Waals surface area (Å²) >= 11 is 23.5. The van der Waals surface area contributed by atoms with E-state index in [0.717, 1.165) is 5.69 Å². The zero-order chi connectivity index (χ0) is 14.0. The normalized spacial score (nSPS) is 10.5. The zero-order valence-electron chi connectivity index (χ0n) is 9.55. The molecule has 0 atom stereocenters. The van der Waals surface area contributed by atoms with Crippen LogP contribution in [0.25, 0.3) is 0 Å². The van der Waals surface area contributed by atoms with Gasteiger partial charge in [0.2, 0.25) is 0 Å². The van der Waals surface area contributed by atoms with Gasteiger partial charge in [-0.15, -0.1) is 0 Å². The second kappa shape index (κ2) is 6.10. The Morgan fingerprint density at radius 1 is 0.842 bits per heavy atom. The molecule has 0 aliphatic heterocycles. The fourth-order valence-corrected chi connectivity index (χ4v) is 2.67. The standard InChI is InChI=1S/C13H9Cl4NO/c14-8-1-7(13(19)12(17)5-8)6-18-11-3-9(15)2-10(16)4-11/h1-5,18-19H,6H2. The van der Waals surface area contributed by atoms with Crippen LogP contribution in [0.5, 0.6) is 5.75 Å². The van der Waals surface area contributed by atoms with Crippen LogP contribution in [-0.2, 0) is 6.54 Å². The van der Waals surface area contributed by atoms with Gasteiger partial charge in [-0.3, -0.25) is 0 Å². The molecular formula is C13H9Cl4NO. The molecule has 2 aromatic carbocycles. The first-order valence-electron chi connectivity index (χ1n) is 5.32. The van der Waals surface area contributed by atoms with E-state index in [4.69, 9.17) is 46.4 Å². The minimum Gasteiger partial charge on any atom is -0.506 e. The molecule has 19 heavy (non-hydrogen) atoms. The van der Waals surface area contributed by atoms with Gasteiger partial charge in [-0.25, -0.2) is 0 Å². The Bertz CT molecular complexity index is 596. The molecule has 2 nitrogen and oxygen atoms in total. The fourth-order valence-electron chi connectivity index (χ4n) is 1.61. The molecule has 100 valence electrons. The predicted octanol–water partition coefficient (Wildman–Crippen LogP) is 5.62. The number of benzene rings is 2. The van der Waals surface area contributed by atoms with E-state index < -0.39 is 0 Å². The highest BCUT2D eigenvalue weighted by atomic mass is 35.5. The van der Waals surface area contributed by atoms with Crippen molar-refractivity contribution in [2.75, 3.05) is 5.32 Å². The minimum absolute atomic E-state index is 0.00620. The van der Waals surface area contributed by atoms with Gasteiger partial charge in [-0.05, 0) is 30.3 Å². The van der Waals surface area contributed by atoms with Gasteiger partial charge >= 0.3 is 0 Å². The Labute approximate surface area is 130 Å². The van der Waals surface area contributed by atoms with Gasteiger partial charge in [-0.2, -0.15) is 0 Å². The number of phenols is 1. The van der Waals surface area contributed by atoms with Crippen molar-refractivity contribution in [2.24, 2.45) is 0 Å². The Morgan fingerprint density at radius 3 is 2.05 bits per heavy atom. The number of phenolic OH excluding ortho intramolecular Hbond substituents is 1. The number of hydrogen-bond donors (Lipinski definition) is 2. The van der Waals surface area contributed by atoms with E-state index in [0.29, 0.717) is 27.2 Å². The summed E-state index contributed by atoms with van der Waals surface area (Å²) < 4.78 is 0. The summed E-state index contributed by atoms with van der Waals surface area (Å²) in [6.45, 7) is 0.350. The van der Waals surface area contributed by atoms with Crippen LogP contribution in [0.15, 0.2) is 30.3 Å². The maximum Gasteiger partial charge on any atom is 0.139 e. The smallest absolute Gasteiger partial charge is 0.139 e. The van der Waals surface area contributed by atoms with Gasteiger partial charge in [0.15, 0.2) is 0 Å². The van der Waals surface area contributed by atoms with Gasteiger partial charge in [0.1, 0.15) is 5.75 Å². The monoisotopic (exact) mass is 335 g/mol. The van der Waals surface area contributed by atoms with Crippen molar-refractivity contribution in [1.82, 2.24) is 0 Å². The second-order valence-electron chi connectivity index (χ2n) is 3.91. The van der Waals surface area contributed by atoms with Gasteiger partial charge in [0.25, 0.3) is 0 Å². The van der Waals surface area contributed by atoms with Crippen LogP contribution < -0.4 is 5.32 Å². The summed E-state index contributed by atoms with van der Waals surface area (Å²) in [5.74, 6) is 0.00620. The SMILES string of the molecule is Oc1c(Cl)cc(Cl)cc1CNc1cc(Cl)cc(Cl)c1. The maximum absolute atomic E-state index is 9.83. The molecule has 0 unspecified atom stereocenters. The van der Waals surface area contributed by atoms with Crippen molar-refractivity contribution in [2.45, 2.75) is 6.54 Å². The lowest BCUT2D eigenvalue weighted by molar-refractivity contribution is 0.469. The number of aromatic hydroxyl groups is 1. The summed E-state index contributed by atoms with van der Waals surface area (Å²) in [4.78, 5) is 0. The molecule has 2 aromatic rings. The summed E-state index contributed by atoms with van der Waals surface area (Å²) in [7, 11) is 0. The molecule has 0 aliphatic carbocycles. The van der Waals surface area contributed by atoms with Crippen molar-refractivity contribution in [1.29, 1.82) is 0 Å². The average molecular weight is 337 g/mol. The molecule has 0 radical (unpaired) electrons. The quantitative estimate of drug-likeness (QED) is 0.762. The predicted molar refractivity (Wildman–Crippen MR) is 81.9 cm³/mol. The van der Waals surface area contributed by atoms with Crippen molar-refractivity contribution in [3.05, 3.63) is 56.0 Å². The van der Waals surface area contributed by atoms with Crippen LogP contribution in [0.1, 0.15) is 5.56 Å². The van der Waals surface area contributed by atoms with Crippen LogP contribution in [0.4, 0.5) is 5.69 Å². The van der Waals surface area contributed by atoms with Crippen molar-refractivity contribution in [3.63, 3.8) is 0 Å². The molecule has 0 aliphatic rings. The molecule has 0 saturated heterocycles. The van der Waals surface area contributed by atoms with Crippen molar-refractivity contribution >= 4 is 52.1 Å². The first-order valence-corrected chi connectivity index (χ1v) is 6.84. The number of halogens is 4. The highest BCUT2D eigenvalue weighted by Crippen LogP contribution is 2.32. The first kappa shape index (κ1) is 14.6. The van der Waals surface area contributed by atoms with Gasteiger partial charge < -0.3 is 10.4 Å². The largest absolute Gasteiger partial charge is 0.506 e.